The van der Waals surface area contributed by atoms with Crippen LogP contribution in [0.25, 0.3) is 0 Å². The molecule has 104 valence electrons. The SMILES string of the molecule is CC(CO)(NC(=O)CC(N)C1CC1)c1ccccc1. The predicted octanol–water partition coefficient (Wildman–Crippen LogP) is 1.14. The smallest absolute Gasteiger partial charge is 0.222 e. The van der Waals surface area contributed by atoms with Crippen molar-refractivity contribution in [1.29, 1.82) is 0 Å². The molecule has 1 aliphatic carbocycles. The minimum atomic E-state index is -0.748. The second-order valence-electron chi connectivity index (χ2n) is 5.61. The predicted molar refractivity (Wildman–Crippen MR) is 74.3 cm³/mol. The van der Waals surface area contributed by atoms with E-state index >= 15 is 0 Å². The molecule has 1 fully saturated rings. The van der Waals surface area contributed by atoms with Gasteiger partial charge >= 0.3 is 0 Å². The van der Waals surface area contributed by atoms with Crippen LogP contribution in [0.4, 0.5) is 0 Å². The summed E-state index contributed by atoms with van der Waals surface area (Å²) >= 11 is 0. The van der Waals surface area contributed by atoms with Gasteiger partial charge in [0.2, 0.25) is 5.91 Å². The highest BCUT2D eigenvalue weighted by Gasteiger charge is 2.32. The fourth-order valence-electron chi connectivity index (χ4n) is 2.27. The van der Waals surface area contributed by atoms with Crippen molar-refractivity contribution in [3.8, 4) is 0 Å². The second-order valence-corrected chi connectivity index (χ2v) is 5.61. The standard InChI is InChI=1S/C15H22N2O2/c1-15(10-18,12-5-3-2-4-6-12)17-14(19)9-13(16)11-7-8-11/h2-6,11,13,18H,7-10,16H2,1H3,(H,17,19). The average Bonchev–Trinajstić information content (AvgIpc) is 3.23. The molecule has 1 aromatic carbocycles. The van der Waals surface area contributed by atoms with E-state index in [0.29, 0.717) is 12.3 Å². The summed E-state index contributed by atoms with van der Waals surface area (Å²) in [4.78, 5) is 12.0. The first kappa shape index (κ1) is 14.0. The zero-order valence-electron chi connectivity index (χ0n) is 11.3. The van der Waals surface area contributed by atoms with Crippen LogP contribution >= 0.6 is 0 Å². The number of nitrogens with one attached hydrogen (secondary N) is 1. The lowest BCUT2D eigenvalue weighted by Crippen LogP contribution is -2.47. The lowest BCUT2D eigenvalue weighted by Gasteiger charge is -2.30. The van der Waals surface area contributed by atoms with Gasteiger partial charge in [-0.05, 0) is 31.2 Å². The monoisotopic (exact) mass is 262 g/mol. The topological polar surface area (TPSA) is 75.3 Å². The number of hydrogen-bond donors (Lipinski definition) is 3. The van der Waals surface area contributed by atoms with E-state index in [2.05, 4.69) is 5.32 Å². The first-order valence-corrected chi connectivity index (χ1v) is 6.78. The summed E-state index contributed by atoms with van der Waals surface area (Å²) in [6.45, 7) is 1.68. The van der Waals surface area contributed by atoms with Crippen molar-refractivity contribution in [2.45, 2.75) is 37.8 Å². The van der Waals surface area contributed by atoms with Crippen molar-refractivity contribution in [3.63, 3.8) is 0 Å². The van der Waals surface area contributed by atoms with E-state index in [0.717, 1.165) is 18.4 Å². The van der Waals surface area contributed by atoms with Crippen LogP contribution in [0.5, 0.6) is 0 Å². The largest absolute Gasteiger partial charge is 0.394 e. The Balaban J connectivity index is 1.99. The Hall–Kier alpha value is -1.39. The van der Waals surface area contributed by atoms with Crippen LogP contribution in [0, 0.1) is 5.92 Å². The van der Waals surface area contributed by atoms with Gasteiger partial charge in [-0.15, -0.1) is 0 Å². The summed E-state index contributed by atoms with van der Waals surface area (Å²) in [5.41, 5.74) is 6.10. The summed E-state index contributed by atoms with van der Waals surface area (Å²) in [5, 5.41) is 12.5. The Bertz CT molecular complexity index is 431. The van der Waals surface area contributed by atoms with Crippen molar-refractivity contribution >= 4 is 5.91 Å². The Kier molecular flexibility index (Phi) is 4.22. The van der Waals surface area contributed by atoms with Crippen LogP contribution in [-0.2, 0) is 10.3 Å². The van der Waals surface area contributed by atoms with Crippen molar-refractivity contribution < 1.29 is 9.90 Å². The van der Waals surface area contributed by atoms with Gasteiger partial charge in [0.05, 0.1) is 12.1 Å². The molecule has 0 bridgehead atoms. The molecule has 0 saturated heterocycles. The Morgan fingerprint density at radius 2 is 2.11 bits per heavy atom. The normalized spacial score (nSPS) is 19.5. The fraction of sp³-hybridized carbons (Fsp3) is 0.533. The molecule has 2 unspecified atom stereocenters. The summed E-state index contributed by atoms with van der Waals surface area (Å²) in [5.74, 6) is 0.405. The van der Waals surface area contributed by atoms with Gasteiger partial charge in [-0.25, -0.2) is 0 Å². The van der Waals surface area contributed by atoms with Crippen LogP contribution in [0.3, 0.4) is 0 Å². The molecular weight excluding hydrogens is 240 g/mol. The van der Waals surface area contributed by atoms with E-state index < -0.39 is 5.54 Å². The molecule has 1 saturated carbocycles. The van der Waals surface area contributed by atoms with Gasteiger partial charge in [0.25, 0.3) is 0 Å². The minimum Gasteiger partial charge on any atom is -0.394 e. The maximum Gasteiger partial charge on any atom is 0.222 e. The fourth-order valence-corrected chi connectivity index (χ4v) is 2.27. The Morgan fingerprint density at radius 3 is 2.63 bits per heavy atom. The van der Waals surface area contributed by atoms with Crippen LogP contribution in [0.15, 0.2) is 30.3 Å². The summed E-state index contributed by atoms with van der Waals surface area (Å²) in [6, 6.07) is 9.44. The Morgan fingerprint density at radius 1 is 1.47 bits per heavy atom. The van der Waals surface area contributed by atoms with Gasteiger partial charge in [-0.3, -0.25) is 4.79 Å². The number of rotatable bonds is 6. The molecule has 2 rings (SSSR count). The second kappa shape index (κ2) is 5.72. The maximum absolute atomic E-state index is 12.0. The third kappa shape index (κ3) is 3.55. The number of carbonyl (C=O) groups is 1. The van der Waals surface area contributed by atoms with Gasteiger partial charge in [-0.1, -0.05) is 30.3 Å². The zero-order chi connectivity index (χ0) is 13.9. The highest BCUT2D eigenvalue weighted by Crippen LogP contribution is 2.33. The molecule has 4 heteroatoms. The third-order valence-corrected chi connectivity index (χ3v) is 3.79. The van der Waals surface area contributed by atoms with Crippen molar-refractivity contribution in [3.05, 3.63) is 35.9 Å². The van der Waals surface area contributed by atoms with Gasteiger partial charge in [0.15, 0.2) is 0 Å². The van der Waals surface area contributed by atoms with E-state index in [1.807, 2.05) is 37.3 Å². The first-order chi connectivity index (χ1) is 9.05. The van der Waals surface area contributed by atoms with E-state index in [4.69, 9.17) is 5.73 Å². The molecule has 0 aromatic heterocycles. The number of aliphatic hydroxyl groups is 1. The molecule has 0 heterocycles. The number of aliphatic hydroxyl groups excluding tert-OH is 1. The minimum absolute atomic E-state index is 0.0567. The van der Waals surface area contributed by atoms with Gasteiger partial charge < -0.3 is 16.2 Å². The highest BCUT2D eigenvalue weighted by atomic mass is 16.3. The van der Waals surface area contributed by atoms with Crippen LogP contribution in [0.1, 0.15) is 31.7 Å². The molecule has 0 spiro atoms. The Labute approximate surface area is 114 Å². The molecule has 19 heavy (non-hydrogen) atoms. The maximum atomic E-state index is 12.0. The summed E-state index contributed by atoms with van der Waals surface area (Å²) in [6.07, 6.45) is 2.59. The van der Waals surface area contributed by atoms with Gasteiger partial charge in [0, 0.05) is 12.5 Å². The van der Waals surface area contributed by atoms with Crippen molar-refractivity contribution in [2.75, 3.05) is 6.61 Å². The molecule has 1 aliphatic rings. The molecular formula is C15H22N2O2. The average molecular weight is 262 g/mol. The van der Waals surface area contributed by atoms with Gasteiger partial charge in [-0.2, -0.15) is 0 Å². The van der Waals surface area contributed by atoms with Crippen LogP contribution in [-0.4, -0.2) is 23.7 Å². The highest BCUT2D eigenvalue weighted by molar-refractivity contribution is 5.77. The summed E-state index contributed by atoms with van der Waals surface area (Å²) in [7, 11) is 0. The van der Waals surface area contributed by atoms with E-state index in [9.17, 15) is 9.90 Å². The molecule has 4 nitrogen and oxygen atoms in total. The number of nitrogens with two attached hydrogens (primary N) is 1. The van der Waals surface area contributed by atoms with E-state index in [1.54, 1.807) is 0 Å². The number of benzene rings is 1. The molecule has 1 amide bonds. The number of carbonyl (C=O) groups excluding carboxylic acids is 1. The quantitative estimate of drug-likeness (QED) is 0.719. The zero-order valence-corrected chi connectivity index (χ0v) is 11.3. The molecule has 0 radical (unpaired) electrons. The van der Waals surface area contributed by atoms with Crippen LogP contribution < -0.4 is 11.1 Å². The van der Waals surface area contributed by atoms with Crippen LogP contribution in [0.2, 0.25) is 0 Å². The number of hydrogen-bond acceptors (Lipinski definition) is 3. The molecule has 1 aromatic rings. The van der Waals surface area contributed by atoms with Gasteiger partial charge in [0.1, 0.15) is 0 Å². The third-order valence-electron chi connectivity index (χ3n) is 3.79. The molecule has 0 aliphatic heterocycles. The molecule has 2 atom stereocenters. The lowest BCUT2D eigenvalue weighted by molar-refractivity contribution is -0.124. The first-order valence-electron chi connectivity index (χ1n) is 6.78. The van der Waals surface area contributed by atoms with E-state index in [1.165, 1.54) is 0 Å². The van der Waals surface area contributed by atoms with Crippen molar-refractivity contribution in [1.82, 2.24) is 5.32 Å². The lowest BCUT2D eigenvalue weighted by atomic mass is 9.92. The summed E-state index contributed by atoms with van der Waals surface area (Å²) < 4.78 is 0. The number of amides is 1. The van der Waals surface area contributed by atoms with E-state index in [-0.39, 0.29) is 18.6 Å². The van der Waals surface area contributed by atoms with Crippen molar-refractivity contribution in [2.24, 2.45) is 11.7 Å². The molecule has 4 N–H and O–H groups in total.